The van der Waals surface area contributed by atoms with Crippen LogP contribution < -0.4 is 5.32 Å². The van der Waals surface area contributed by atoms with Crippen LogP contribution in [0.1, 0.15) is 24.4 Å². The lowest BCUT2D eigenvalue weighted by Gasteiger charge is -2.38. The topological polar surface area (TPSA) is 50.0 Å². The average molecular weight is 473 g/mol. The summed E-state index contributed by atoms with van der Waals surface area (Å²) in [7, 11) is 1.78. The molecule has 5 nitrogen and oxygen atoms in total. The van der Waals surface area contributed by atoms with Gasteiger partial charge in [0, 0.05) is 26.6 Å². The van der Waals surface area contributed by atoms with Crippen molar-refractivity contribution in [3.63, 3.8) is 0 Å². The Morgan fingerprint density at radius 3 is 2.69 bits per heavy atom. The van der Waals surface area contributed by atoms with Gasteiger partial charge in [-0.25, -0.2) is 4.39 Å². The summed E-state index contributed by atoms with van der Waals surface area (Å²) in [4.78, 5) is 6.58. The van der Waals surface area contributed by atoms with Crippen molar-refractivity contribution in [1.82, 2.24) is 10.2 Å². The van der Waals surface area contributed by atoms with Gasteiger partial charge in [-0.15, -0.1) is 24.0 Å². The van der Waals surface area contributed by atoms with Crippen molar-refractivity contribution in [3.05, 3.63) is 59.8 Å². The predicted molar refractivity (Wildman–Crippen MR) is 110 cm³/mol. The monoisotopic (exact) mass is 473 g/mol. The van der Waals surface area contributed by atoms with Gasteiger partial charge in [-0.05, 0) is 36.8 Å². The van der Waals surface area contributed by atoms with E-state index in [4.69, 9.17) is 9.15 Å². The number of hydrogen-bond donors (Lipinski definition) is 1. The van der Waals surface area contributed by atoms with E-state index in [0.717, 1.165) is 36.8 Å². The van der Waals surface area contributed by atoms with E-state index in [9.17, 15) is 4.39 Å². The standard InChI is InChI=1S/C19H24FN3O2.HI/c1-14-12-23(13-18(25-14)15-5-7-16(20)8-6-15)19(21-2)22-10-9-17-4-3-11-24-17;/h3-8,11,14,18H,9-10,12-13H2,1-2H3,(H,21,22);1H. The van der Waals surface area contributed by atoms with Crippen molar-refractivity contribution >= 4 is 29.9 Å². The van der Waals surface area contributed by atoms with E-state index >= 15 is 0 Å². The molecule has 0 saturated carbocycles. The Morgan fingerprint density at radius 1 is 1.27 bits per heavy atom. The fraction of sp³-hybridized carbons (Fsp3) is 0.421. The zero-order chi connectivity index (χ0) is 17.6. The van der Waals surface area contributed by atoms with Crippen LogP contribution in [0.3, 0.4) is 0 Å². The first-order valence-corrected chi connectivity index (χ1v) is 8.54. The zero-order valence-electron chi connectivity index (χ0n) is 15.0. The largest absolute Gasteiger partial charge is 0.469 e. The third-order valence-electron chi connectivity index (χ3n) is 4.25. The number of ether oxygens (including phenoxy) is 1. The van der Waals surface area contributed by atoms with Gasteiger partial charge in [-0.1, -0.05) is 12.1 Å². The van der Waals surface area contributed by atoms with Crippen LogP contribution >= 0.6 is 24.0 Å². The van der Waals surface area contributed by atoms with Crippen LogP contribution in [0, 0.1) is 5.82 Å². The molecule has 0 aliphatic carbocycles. The van der Waals surface area contributed by atoms with Gasteiger partial charge in [-0.2, -0.15) is 0 Å². The Labute approximate surface area is 170 Å². The molecule has 2 atom stereocenters. The van der Waals surface area contributed by atoms with Gasteiger partial charge < -0.3 is 19.4 Å². The number of furan rings is 1. The number of morpholine rings is 1. The lowest BCUT2D eigenvalue weighted by molar-refractivity contribution is -0.0604. The minimum Gasteiger partial charge on any atom is -0.469 e. The van der Waals surface area contributed by atoms with Crippen molar-refractivity contribution in [2.75, 3.05) is 26.7 Å². The molecule has 0 radical (unpaired) electrons. The summed E-state index contributed by atoms with van der Waals surface area (Å²) in [5, 5.41) is 3.38. The van der Waals surface area contributed by atoms with E-state index in [0.29, 0.717) is 6.54 Å². The van der Waals surface area contributed by atoms with E-state index in [2.05, 4.69) is 15.2 Å². The molecule has 2 unspecified atom stereocenters. The Bertz CT molecular complexity index is 691. The molecule has 0 amide bonds. The minimum atomic E-state index is -0.236. The zero-order valence-corrected chi connectivity index (χ0v) is 17.4. The summed E-state index contributed by atoms with van der Waals surface area (Å²) in [6, 6.07) is 10.4. The number of rotatable bonds is 4. The van der Waals surface area contributed by atoms with Gasteiger partial charge in [0.2, 0.25) is 0 Å². The Kier molecular flexibility index (Phi) is 7.89. The van der Waals surface area contributed by atoms with Gasteiger partial charge in [0.25, 0.3) is 0 Å². The van der Waals surface area contributed by atoms with E-state index in [1.165, 1.54) is 12.1 Å². The number of guanidine groups is 1. The highest BCUT2D eigenvalue weighted by Crippen LogP contribution is 2.25. The van der Waals surface area contributed by atoms with Crippen molar-refractivity contribution in [3.8, 4) is 0 Å². The highest BCUT2D eigenvalue weighted by atomic mass is 127. The number of benzene rings is 1. The smallest absolute Gasteiger partial charge is 0.193 e. The van der Waals surface area contributed by atoms with E-state index in [1.807, 2.05) is 19.1 Å². The predicted octanol–water partition coefficient (Wildman–Crippen LogP) is 3.62. The van der Waals surface area contributed by atoms with Crippen molar-refractivity contribution in [2.24, 2.45) is 4.99 Å². The summed E-state index contributed by atoms with van der Waals surface area (Å²) in [6.45, 7) is 4.22. The fourth-order valence-corrected chi connectivity index (χ4v) is 3.07. The maximum atomic E-state index is 13.2. The summed E-state index contributed by atoms with van der Waals surface area (Å²) in [5.41, 5.74) is 0.976. The molecule has 142 valence electrons. The van der Waals surface area contributed by atoms with Gasteiger partial charge in [0.1, 0.15) is 17.7 Å². The summed E-state index contributed by atoms with van der Waals surface area (Å²) >= 11 is 0. The lowest BCUT2D eigenvalue weighted by atomic mass is 10.1. The molecule has 1 saturated heterocycles. The summed E-state index contributed by atoms with van der Waals surface area (Å²) in [6.07, 6.45) is 2.44. The molecular formula is C19H25FIN3O2. The number of nitrogens with zero attached hydrogens (tertiary/aromatic N) is 2. The third kappa shape index (κ3) is 5.44. The van der Waals surface area contributed by atoms with Crippen molar-refractivity contribution in [1.29, 1.82) is 0 Å². The number of aliphatic imine (C=N–C) groups is 1. The molecule has 1 fully saturated rings. The highest BCUT2D eigenvalue weighted by molar-refractivity contribution is 14.0. The second-order valence-electron chi connectivity index (χ2n) is 6.20. The Morgan fingerprint density at radius 2 is 2.04 bits per heavy atom. The van der Waals surface area contributed by atoms with E-state index < -0.39 is 0 Å². The van der Waals surface area contributed by atoms with E-state index in [-0.39, 0.29) is 42.0 Å². The van der Waals surface area contributed by atoms with Crippen molar-refractivity contribution in [2.45, 2.75) is 25.6 Å². The second kappa shape index (κ2) is 9.91. The summed E-state index contributed by atoms with van der Waals surface area (Å²) < 4.78 is 24.5. The van der Waals surface area contributed by atoms with Crippen LogP contribution in [0.5, 0.6) is 0 Å². The molecule has 1 N–H and O–H groups in total. The quantitative estimate of drug-likeness (QED) is 0.419. The van der Waals surface area contributed by atoms with Crippen molar-refractivity contribution < 1.29 is 13.5 Å². The molecule has 1 aliphatic rings. The maximum Gasteiger partial charge on any atom is 0.193 e. The first-order chi connectivity index (χ1) is 12.2. The average Bonchev–Trinajstić information content (AvgIpc) is 3.12. The molecule has 0 bridgehead atoms. The maximum absolute atomic E-state index is 13.2. The molecule has 1 aromatic carbocycles. The van der Waals surface area contributed by atoms with Gasteiger partial charge in [0.15, 0.2) is 5.96 Å². The third-order valence-corrected chi connectivity index (χ3v) is 4.25. The number of halogens is 2. The molecule has 2 heterocycles. The first-order valence-electron chi connectivity index (χ1n) is 8.54. The van der Waals surface area contributed by atoms with Crippen LogP contribution in [0.4, 0.5) is 4.39 Å². The normalized spacial score (nSPS) is 20.6. The van der Waals surface area contributed by atoms with Crippen LogP contribution in [0.15, 0.2) is 52.1 Å². The second-order valence-corrected chi connectivity index (χ2v) is 6.20. The van der Waals surface area contributed by atoms with Gasteiger partial charge >= 0.3 is 0 Å². The molecular weight excluding hydrogens is 448 g/mol. The summed E-state index contributed by atoms with van der Waals surface area (Å²) in [5.74, 6) is 1.55. The SMILES string of the molecule is CN=C(NCCc1ccco1)N1CC(C)OC(c2ccc(F)cc2)C1.I. The lowest BCUT2D eigenvalue weighted by Crippen LogP contribution is -2.51. The van der Waals surface area contributed by atoms with E-state index in [1.54, 1.807) is 25.4 Å². The number of nitrogens with one attached hydrogen (secondary N) is 1. The molecule has 3 rings (SSSR count). The first kappa shape index (κ1) is 20.7. The molecule has 26 heavy (non-hydrogen) atoms. The molecule has 1 aromatic heterocycles. The molecule has 2 aromatic rings. The highest BCUT2D eigenvalue weighted by Gasteiger charge is 2.28. The van der Waals surface area contributed by atoms with Crippen LogP contribution in [0.2, 0.25) is 0 Å². The van der Waals surface area contributed by atoms with Gasteiger partial charge in [-0.3, -0.25) is 4.99 Å². The Hall–Kier alpha value is -1.61. The fourth-order valence-electron chi connectivity index (χ4n) is 3.07. The van der Waals surface area contributed by atoms with Gasteiger partial charge in [0.05, 0.1) is 18.9 Å². The molecule has 1 aliphatic heterocycles. The number of hydrogen-bond acceptors (Lipinski definition) is 3. The van der Waals surface area contributed by atoms with Crippen LogP contribution in [0.25, 0.3) is 0 Å². The molecule has 7 heteroatoms. The van der Waals surface area contributed by atoms with Crippen LogP contribution in [-0.4, -0.2) is 43.6 Å². The molecule has 0 spiro atoms. The van der Waals surface area contributed by atoms with Crippen LogP contribution in [-0.2, 0) is 11.2 Å². The minimum absolute atomic E-state index is 0. The Balaban J connectivity index is 0.00000243.